The van der Waals surface area contributed by atoms with Crippen LogP contribution in [0.3, 0.4) is 0 Å². The number of amides is 1. The van der Waals surface area contributed by atoms with Crippen molar-refractivity contribution in [1.29, 1.82) is 0 Å². The van der Waals surface area contributed by atoms with E-state index in [-0.39, 0.29) is 11.7 Å². The molecule has 2 aromatic rings. The zero-order valence-corrected chi connectivity index (χ0v) is 14.9. The first kappa shape index (κ1) is 18.6. The Morgan fingerprint density at radius 1 is 1.00 bits per heavy atom. The maximum absolute atomic E-state index is 13.6. The molecule has 0 saturated carbocycles. The van der Waals surface area contributed by atoms with Gasteiger partial charge in [-0.15, -0.1) is 11.8 Å². The minimum Gasteiger partial charge on any atom is -0.370 e. The van der Waals surface area contributed by atoms with Crippen molar-refractivity contribution >= 4 is 29.0 Å². The van der Waals surface area contributed by atoms with Gasteiger partial charge in [-0.3, -0.25) is 4.79 Å². The van der Waals surface area contributed by atoms with E-state index in [1.54, 1.807) is 6.07 Å². The number of rotatable bonds is 5. The summed E-state index contributed by atoms with van der Waals surface area (Å²) >= 11 is 1.09. The molecule has 3 nitrogen and oxygen atoms in total. The number of halogens is 3. The van der Waals surface area contributed by atoms with Crippen molar-refractivity contribution in [2.75, 3.05) is 29.1 Å². The topological polar surface area (TPSA) is 32.3 Å². The number of piperidine rings is 1. The number of carbonyl (C=O) groups excluding carboxylic acids is 1. The van der Waals surface area contributed by atoms with Crippen molar-refractivity contribution in [2.45, 2.75) is 24.2 Å². The maximum Gasteiger partial charge on any atom is 0.234 e. The van der Waals surface area contributed by atoms with Crippen LogP contribution in [0.25, 0.3) is 0 Å². The molecule has 0 atom stereocenters. The van der Waals surface area contributed by atoms with Gasteiger partial charge in [0.05, 0.1) is 17.1 Å². The number of hydrogen-bond acceptors (Lipinski definition) is 3. The Morgan fingerprint density at radius 2 is 1.77 bits per heavy atom. The summed E-state index contributed by atoms with van der Waals surface area (Å²) in [5.74, 6) is -2.61. The largest absolute Gasteiger partial charge is 0.370 e. The van der Waals surface area contributed by atoms with Crippen LogP contribution in [-0.2, 0) is 4.79 Å². The van der Waals surface area contributed by atoms with Gasteiger partial charge in [0.2, 0.25) is 5.91 Å². The predicted octanol–water partition coefficient (Wildman–Crippen LogP) is 4.83. The highest BCUT2D eigenvalue weighted by Gasteiger charge is 2.17. The van der Waals surface area contributed by atoms with E-state index in [2.05, 4.69) is 10.2 Å². The van der Waals surface area contributed by atoms with Crippen LogP contribution in [0.15, 0.2) is 41.3 Å². The fourth-order valence-electron chi connectivity index (χ4n) is 2.92. The van der Waals surface area contributed by atoms with Crippen molar-refractivity contribution in [1.82, 2.24) is 0 Å². The molecule has 1 saturated heterocycles. The summed E-state index contributed by atoms with van der Waals surface area (Å²) in [5, 5.41) is 2.74. The quantitative estimate of drug-likeness (QED) is 0.755. The van der Waals surface area contributed by atoms with Crippen LogP contribution in [0.5, 0.6) is 0 Å². The fourth-order valence-corrected chi connectivity index (χ4v) is 3.64. The van der Waals surface area contributed by atoms with Gasteiger partial charge in [0.25, 0.3) is 0 Å². The number of benzene rings is 2. The lowest BCUT2D eigenvalue weighted by molar-refractivity contribution is -0.113. The minimum absolute atomic E-state index is 0.0149. The summed E-state index contributed by atoms with van der Waals surface area (Å²) in [4.78, 5) is 14.8. The average molecular weight is 380 g/mol. The summed E-state index contributed by atoms with van der Waals surface area (Å²) in [6.45, 7) is 1.75. The number of nitrogens with one attached hydrogen (secondary N) is 1. The van der Waals surface area contributed by atoms with Crippen LogP contribution in [0.1, 0.15) is 19.3 Å². The molecule has 1 aliphatic rings. The molecule has 7 heteroatoms. The van der Waals surface area contributed by atoms with Gasteiger partial charge in [-0.25, -0.2) is 13.2 Å². The molecular weight excluding hydrogens is 361 g/mol. The molecule has 0 spiro atoms. The summed E-state index contributed by atoms with van der Waals surface area (Å²) < 4.78 is 39.8. The molecule has 1 fully saturated rings. The standard InChI is InChI=1S/C19H19F3N2OS/c20-13-4-7-18(24-8-2-1-3-9-24)17(10-13)23-19(25)12-26-14-5-6-15(21)16(22)11-14/h4-7,10-11H,1-3,8-9,12H2,(H,23,25). The Labute approximate surface area is 154 Å². The van der Waals surface area contributed by atoms with Gasteiger partial charge in [-0.2, -0.15) is 0 Å². The molecule has 0 bridgehead atoms. The van der Waals surface area contributed by atoms with Gasteiger partial charge in [0, 0.05) is 18.0 Å². The summed E-state index contributed by atoms with van der Waals surface area (Å²) in [6.07, 6.45) is 3.30. The first-order valence-corrected chi connectivity index (χ1v) is 9.44. The number of anilines is 2. The predicted molar refractivity (Wildman–Crippen MR) is 98.2 cm³/mol. The van der Waals surface area contributed by atoms with Crippen LogP contribution in [0.2, 0.25) is 0 Å². The SMILES string of the molecule is O=C(CSc1ccc(F)c(F)c1)Nc1cc(F)ccc1N1CCCCC1. The third kappa shape index (κ3) is 4.72. The van der Waals surface area contributed by atoms with E-state index in [0.29, 0.717) is 10.6 Å². The Balaban J connectivity index is 1.66. The van der Waals surface area contributed by atoms with E-state index in [0.717, 1.165) is 55.5 Å². The number of thioether (sulfide) groups is 1. The van der Waals surface area contributed by atoms with Gasteiger partial charge in [0.1, 0.15) is 5.82 Å². The van der Waals surface area contributed by atoms with E-state index in [1.165, 1.54) is 24.6 Å². The Morgan fingerprint density at radius 3 is 2.50 bits per heavy atom. The third-order valence-corrected chi connectivity index (χ3v) is 5.18. The molecule has 3 rings (SSSR count). The molecule has 0 aromatic heterocycles. The Hall–Kier alpha value is -2.15. The number of hydrogen-bond donors (Lipinski definition) is 1. The van der Waals surface area contributed by atoms with Crippen LogP contribution in [0, 0.1) is 17.5 Å². The number of carbonyl (C=O) groups is 1. The van der Waals surface area contributed by atoms with Crippen molar-refractivity contribution in [3.05, 3.63) is 53.8 Å². The minimum atomic E-state index is -0.951. The molecule has 0 radical (unpaired) electrons. The molecular formula is C19H19F3N2OS. The summed E-state index contributed by atoms with van der Waals surface area (Å²) in [5.41, 5.74) is 1.24. The highest BCUT2D eigenvalue weighted by molar-refractivity contribution is 8.00. The zero-order chi connectivity index (χ0) is 18.5. The van der Waals surface area contributed by atoms with E-state index in [9.17, 15) is 18.0 Å². The number of nitrogens with zero attached hydrogens (tertiary/aromatic N) is 1. The Kier molecular flexibility index (Phi) is 6.08. The summed E-state index contributed by atoms with van der Waals surface area (Å²) in [6, 6.07) is 7.86. The molecule has 0 aliphatic carbocycles. The molecule has 138 valence electrons. The molecule has 1 amide bonds. The van der Waals surface area contributed by atoms with Crippen LogP contribution in [0.4, 0.5) is 24.5 Å². The smallest absolute Gasteiger partial charge is 0.234 e. The Bertz CT molecular complexity index is 794. The lowest BCUT2D eigenvalue weighted by Gasteiger charge is -2.30. The van der Waals surface area contributed by atoms with Crippen LogP contribution >= 0.6 is 11.8 Å². The van der Waals surface area contributed by atoms with Crippen molar-refractivity contribution in [2.24, 2.45) is 0 Å². The van der Waals surface area contributed by atoms with E-state index in [1.807, 2.05) is 0 Å². The van der Waals surface area contributed by atoms with Crippen LogP contribution in [-0.4, -0.2) is 24.7 Å². The molecule has 26 heavy (non-hydrogen) atoms. The average Bonchev–Trinajstić information content (AvgIpc) is 2.63. The normalized spacial score (nSPS) is 14.3. The fraction of sp³-hybridized carbons (Fsp3) is 0.316. The van der Waals surface area contributed by atoms with Gasteiger partial charge in [0.15, 0.2) is 11.6 Å². The van der Waals surface area contributed by atoms with Crippen molar-refractivity contribution in [3.63, 3.8) is 0 Å². The van der Waals surface area contributed by atoms with Gasteiger partial charge in [-0.1, -0.05) is 0 Å². The molecule has 1 N–H and O–H groups in total. The highest BCUT2D eigenvalue weighted by Crippen LogP contribution is 2.30. The third-order valence-electron chi connectivity index (χ3n) is 4.19. The second-order valence-corrected chi connectivity index (χ2v) is 7.17. The maximum atomic E-state index is 13.6. The van der Waals surface area contributed by atoms with E-state index < -0.39 is 17.5 Å². The first-order valence-electron chi connectivity index (χ1n) is 8.45. The summed E-state index contributed by atoms with van der Waals surface area (Å²) in [7, 11) is 0. The lowest BCUT2D eigenvalue weighted by Crippen LogP contribution is -2.30. The second kappa shape index (κ2) is 8.49. The first-order chi connectivity index (χ1) is 12.5. The van der Waals surface area contributed by atoms with Gasteiger partial charge in [-0.05, 0) is 55.7 Å². The van der Waals surface area contributed by atoms with E-state index >= 15 is 0 Å². The second-order valence-electron chi connectivity index (χ2n) is 6.12. The van der Waals surface area contributed by atoms with Gasteiger partial charge < -0.3 is 10.2 Å². The van der Waals surface area contributed by atoms with Crippen molar-refractivity contribution < 1.29 is 18.0 Å². The van der Waals surface area contributed by atoms with E-state index in [4.69, 9.17) is 0 Å². The molecule has 1 heterocycles. The molecule has 1 aliphatic heterocycles. The molecule has 2 aromatic carbocycles. The zero-order valence-electron chi connectivity index (χ0n) is 14.1. The highest BCUT2D eigenvalue weighted by atomic mass is 32.2. The lowest BCUT2D eigenvalue weighted by atomic mass is 10.1. The van der Waals surface area contributed by atoms with Gasteiger partial charge >= 0.3 is 0 Å². The van der Waals surface area contributed by atoms with Crippen molar-refractivity contribution in [3.8, 4) is 0 Å². The molecule has 0 unspecified atom stereocenters. The van der Waals surface area contributed by atoms with Crippen LogP contribution < -0.4 is 10.2 Å². The monoisotopic (exact) mass is 380 g/mol.